The van der Waals surface area contributed by atoms with E-state index in [2.05, 4.69) is 0 Å². The first-order chi connectivity index (χ1) is 9.74. The first kappa shape index (κ1) is 19.4. The van der Waals surface area contributed by atoms with E-state index < -0.39 is 12.1 Å². The Morgan fingerprint density at radius 1 is 1.19 bits per heavy atom. The van der Waals surface area contributed by atoms with Gasteiger partial charge in [0, 0.05) is 18.8 Å². The Morgan fingerprint density at radius 3 is 2.38 bits per heavy atom. The van der Waals surface area contributed by atoms with E-state index in [1.165, 1.54) is 0 Å². The van der Waals surface area contributed by atoms with Crippen LogP contribution in [0.25, 0.3) is 0 Å². The van der Waals surface area contributed by atoms with Crippen molar-refractivity contribution in [2.24, 2.45) is 0 Å². The molecule has 0 aliphatic heterocycles. The number of allylic oxidation sites excluding steroid dienone is 4. The van der Waals surface area contributed by atoms with E-state index in [0.29, 0.717) is 17.4 Å². The summed E-state index contributed by atoms with van der Waals surface area (Å²) >= 11 is 0. The fourth-order valence-electron chi connectivity index (χ4n) is 1.82. The largest absolute Gasteiger partial charge is 0.550 e. The maximum Gasteiger partial charge on any atom is 0.306 e. The number of carboxylic acids is 1. The number of hydrogen-bond donors (Lipinski definition) is 0. The van der Waals surface area contributed by atoms with Crippen molar-refractivity contribution in [2.75, 3.05) is 27.7 Å². The van der Waals surface area contributed by atoms with Gasteiger partial charge in [-0.3, -0.25) is 4.79 Å². The minimum atomic E-state index is -1.20. The van der Waals surface area contributed by atoms with E-state index in [0.717, 1.165) is 6.42 Å². The highest BCUT2D eigenvalue weighted by Crippen LogP contribution is 2.07. The van der Waals surface area contributed by atoms with Crippen LogP contribution in [-0.4, -0.2) is 50.2 Å². The lowest BCUT2D eigenvalue weighted by Crippen LogP contribution is -2.45. The van der Waals surface area contributed by atoms with Crippen LogP contribution in [0.4, 0.5) is 0 Å². The van der Waals surface area contributed by atoms with Crippen LogP contribution in [-0.2, 0) is 14.3 Å². The van der Waals surface area contributed by atoms with Crippen LogP contribution in [0.1, 0.15) is 32.6 Å². The van der Waals surface area contributed by atoms with Gasteiger partial charge in [-0.15, -0.1) is 0 Å². The molecule has 0 amide bonds. The molecule has 0 spiro atoms. The fourth-order valence-corrected chi connectivity index (χ4v) is 1.82. The summed E-state index contributed by atoms with van der Waals surface area (Å²) in [6.07, 6.45) is 8.69. The standard InChI is InChI=1S/C16H27NO4/c1-5-6-7-8-9-10-11-16(20)21-14(12-15(18)19)13-17(2,3)4/h5-6,8-9,14H,7,10-13H2,1-4H3/b6-5+,9-8+. The zero-order valence-electron chi connectivity index (χ0n) is 13.5. The Hall–Kier alpha value is -1.62. The van der Waals surface area contributed by atoms with Gasteiger partial charge in [-0.1, -0.05) is 24.3 Å². The highest BCUT2D eigenvalue weighted by Gasteiger charge is 2.22. The van der Waals surface area contributed by atoms with E-state index >= 15 is 0 Å². The quantitative estimate of drug-likeness (QED) is 0.343. The van der Waals surface area contributed by atoms with Crippen molar-refractivity contribution >= 4 is 11.9 Å². The van der Waals surface area contributed by atoms with Crippen molar-refractivity contribution in [3.8, 4) is 0 Å². The van der Waals surface area contributed by atoms with E-state index in [-0.39, 0.29) is 18.8 Å². The van der Waals surface area contributed by atoms with Crippen LogP contribution in [0, 0.1) is 0 Å². The molecule has 0 aliphatic carbocycles. The normalized spacial score (nSPS) is 13.7. The summed E-state index contributed by atoms with van der Waals surface area (Å²) in [6.45, 7) is 2.40. The van der Waals surface area contributed by atoms with E-state index in [4.69, 9.17) is 4.74 Å². The van der Waals surface area contributed by atoms with Crippen molar-refractivity contribution in [2.45, 2.75) is 38.7 Å². The SMILES string of the molecule is C/C=C/C/C=C/CCC(=O)OC(CC(=O)[O-])C[N+](C)(C)C. The molecule has 0 saturated heterocycles. The Morgan fingerprint density at radius 2 is 1.86 bits per heavy atom. The number of hydrogen-bond acceptors (Lipinski definition) is 4. The van der Waals surface area contributed by atoms with Gasteiger partial charge in [-0.2, -0.15) is 0 Å². The Balaban J connectivity index is 4.21. The third-order valence-electron chi connectivity index (χ3n) is 2.63. The molecule has 0 heterocycles. The zero-order chi connectivity index (χ0) is 16.3. The number of carbonyl (C=O) groups excluding carboxylic acids is 2. The second-order valence-corrected chi connectivity index (χ2v) is 5.98. The van der Waals surface area contributed by atoms with Gasteiger partial charge >= 0.3 is 5.97 Å². The fraction of sp³-hybridized carbons (Fsp3) is 0.625. The molecule has 5 nitrogen and oxygen atoms in total. The molecule has 1 atom stereocenters. The van der Waals surface area contributed by atoms with Gasteiger partial charge in [0.1, 0.15) is 6.54 Å². The maximum absolute atomic E-state index is 11.7. The molecule has 0 radical (unpaired) electrons. The van der Waals surface area contributed by atoms with Crippen molar-refractivity contribution < 1.29 is 23.9 Å². The van der Waals surface area contributed by atoms with Crippen molar-refractivity contribution in [1.82, 2.24) is 0 Å². The number of carboxylic acid groups (broad SMARTS) is 1. The number of carbonyl (C=O) groups is 2. The van der Waals surface area contributed by atoms with E-state index in [1.807, 2.05) is 52.4 Å². The summed E-state index contributed by atoms with van der Waals surface area (Å²) in [5, 5.41) is 10.7. The van der Waals surface area contributed by atoms with Crippen molar-refractivity contribution in [3.63, 3.8) is 0 Å². The van der Waals surface area contributed by atoms with Gasteiger partial charge in [-0.05, 0) is 19.8 Å². The third-order valence-corrected chi connectivity index (χ3v) is 2.63. The predicted octanol–water partition coefficient (Wildman–Crippen LogP) is 1.05. The van der Waals surface area contributed by atoms with E-state index in [9.17, 15) is 14.7 Å². The summed E-state index contributed by atoms with van der Waals surface area (Å²) in [6, 6.07) is 0. The topological polar surface area (TPSA) is 66.4 Å². The third kappa shape index (κ3) is 13.1. The minimum absolute atomic E-state index is 0.257. The van der Waals surface area contributed by atoms with Crippen LogP contribution in [0.2, 0.25) is 0 Å². The van der Waals surface area contributed by atoms with Gasteiger partial charge < -0.3 is 19.1 Å². The zero-order valence-corrected chi connectivity index (χ0v) is 13.5. The summed E-state index contributed by atoms with van der Waals surface area (Å²) in [5.41, 5.74) is 0. The van der Waals surface area contributed by atoms with Gasteiger partial charge in [-0.25, -0.2) is 0 Å². The number of likely N-dealkylation sites (N-methyl/N-ethyl adjacent to an activating group) is 1. The second-order valence-electron chi connectivity index (χ2n) is 5.98. The average Bonchev–Trinajstić information content (AvgIpc) is 2.30. The first-order valence-electron chi connectivity index (χ1n) is 7.20. The van der Waals surface area contributed by atoms with Gasteiger partial charge in [0.2, 0.25) is 0 Å². The number of quaternary nitrogens is 1. The summed E-state index contributed by atoms with van der Waals surface area (Å²) in [4.78, 5) is 22.4. The van der Waals surface area contributed by atoms with E-state index in [1.54, 1.807) is 0 Å². The second kappa shape index (κ2) is 10.2. The molecule has 5 heteroatoms. The lowest BCUT2D eigenvalue weighted by molar-refractivity contribution is -0.873. The number of nitrogens with zero attached hydrogens (tertiary/aromatic N) is 1. The van der Waals surface area contributed by atoms with Crippen molar-refractivity contribution in [1.29, 1.82) is 0 Å². The van der Waals surface area contributed by atoms with Crippen LogP contribution >= 0.6 is 0 Å². The Kier molecular flexibility index (Phi) is 9.37. The number of ether oxygens (including phenoxy) is 1. The molecule has 0 aromatic heterocycles. The molecule has 0 bridgehead atoms. The number of rotatable bonds is 10. The molecule has 1 unspecified atom stereocenters. The lowest BCUT2D eigenvalue weighted by atomic mass is 10.2. The number of esters is 1. The summed E-state index contributed by atoms with van der Waals surface area (Å²) < 4.78 is 5.76. The highest BCUT2D eigenvalue weighted by atomic mass is 16.5. The molecule has 21 heavy (non-hydrogen) atoms. The molecule has 0 fully saturated rings. The molecule has 0 N–H and O–H groups in total. The monoisotopic (exact) mass is 297 g/mol. The first-order valence-corrected chi connectivity index (χ1v) is 7.20. The molecule has 0 saturated carbocycles. The number of aliphatic carboxylic acids is 1. The highest BCUT2D eigenvalue weighted by molar-refractivity contribution is 5.71. The van der Waals surface area contributed by atoms with Crippen LogP contribution < -0.4 is 5.11 Å². The Labute approximate surface area is 127 Å². The Bertz CT molecular complexity index is 380. The van der Waals surface area contributed by atoms with Crippen molar-refractivity contribution in [3.05, 3.63) is 24.3 Å². The minimum Gasteiger partial charge on any atom is -0.550 e. The summed E-state index contributed by atoms with van der Waals surface area (Å²) in [5.74, 6) is -1.57. The maximum atomic E-state index is 11.7. The summed E-state index contributed by atoms with van der Waals surface area (Å²) in [7, 11) is 5.75. The molecule has 120 valence electrons. The van der Waals surface area contributed by atoms with Gasteiger partial charge in [0.25, 0.3) is 0 Å². The smallest absolute Gasteiger partial charge is 0.306 e. The van der Waals surface area contributed by atoms with Gasteiger partial charge in [0.05, 0.1) is 21.1 Å². The molecule has 0 aromatic rings. The molecule has 0 rings (SSSR count). The molecular weight excluding hydrogens is 270 g/mol. The predicted molar refractivity (Wildman–Crippen MR) is 80.2 cm³/mol. The average molecular weight is 297 g/mol. The van der Waals surface area contributed by atoms with Gasteiger partial charge in [0.15, 0.2) is 6.10 Å². The molecular formula is C16H27NO4. The molecule has 0 aliphatic rings. The molecule has 0 aromatic carbocycles. The lowest BCUT2D eigenvalue weighted by Gasteiger charge is -2.29. The van der Waals surface area contributed by atoms with Crippen LogP contribution in [0.3, 0.4) is 0 Å². The van der Waals surface area contributed by atoms with Crippen LogP contribution in [0.5, 0.6) is 0 Å². The van der Waals surface area contributed by atoms with Crippen LogP contribution in [0.15, 0.2) is 24.3 Å².